The Kier molecular flexibility index (Phi) is 3.19. The van der Waals surface area contributed by atoms with E-state index in [4.69, 9.17) is 15.1 Å². The van der Waals surface area contributed by atoms with Gasteiger partial charge in [0, 0.05) is 0 Å². The Labute approximate surface area is 111 Å². The van der Waals surface area contributed by atoms with Crippen molar-refractivity contribution in [2.75, 3.05) is 12.1 Å². The van der Waals surface area contributed by atoms with Crippen molar-refractivity contribution in [3.8, 4) is 0 Å². The molecule has 20 heavy (non-hydrogen) atoms. The summed E-state index contributed by atoms with van der Waals surface area (Å²) in [6.07, 6.45) is -3.35. The number of aliphatic hydroxyl groups is 3. The number of hydrogen-bond acceptors (Lipinski definition) is 10. The van der Waals surface area contributed by atoms with Gasteiger partial charge in [-0.1, -0.05) is 5.21 Å². The van der Waals surface area contributed by atoms with Gasteiger partial charge in [0.1, 0.15) is 24.6 Å². The molecule has 0 spiro atoms. The summed E-state index contributed by atoms with van der Waals surface area (Å²) in [5.74, 6) is 0.0491. The molecule has 0 amide bonds. The fourth-order valence-corrected chi connectivity index (χ4v) is 2.10. The van der Waals surface area contributed by atoms with Crippen LogP contribution in [-0.2, 0) is 4.74 Å². The summed E-state index contributed by atoms with van der Waals surface area (Å²) < 4.78 is 6.48. The van der Waals surface area contributed by atoms with Crippen molar-refractivity contribution in [3.05, 3.63) is 6.33 Å². The van der Waals surface area contributed by atoms with Crippen molar-refractivity contribution < 1.29 is 25.3 Å². The Morgan fingerprint density at radius 3 is 2.75 bits per heavy atom. The molecule has 11 heteroatoms. The second-order valence-electron chi connectivity index (χ2n) is 4.27. The van der Waals surface area contributed by atoms with Crippen LogP contribution in [0.25, 0.3) is 11.2 Å². The Bertz CT molecular complexity index is 620. The smallest absolute Gasteiger partial charge is 0.186 e. The average molecular weight is 284 g/mol. The lowest BCUT2D eigenvalue weighted by molar-refractivity contribution is -0.0574. The Balaban J connectivity index is 2.03. The monoisotopic (exact) mass is 284 g/mol. The molecule has 11 nitrogen and oxygen atoms in total. The molecule has 1 fully saturated rings. The molecule has 0 aliphatic carbocycles. The zero-order chi connectivity index (χ0) is 14.3. The summed E-state index contributed by atoms with van der Waals surface area (Å²) in [6.45, 7) is -0.445. The minimum Gasteiger partial charge on any atom is -0.394 e. The third-order valence-electron chi connectivity index (χ3n) is 3.13. The lowest BCUT2D eigenvalue weighted by Crippen LogP contribution is -2.33. The lowest BCUT2D eigenvalue weighted by Gasteiger charge is -2.14. The molecule has 2 aromatic rings. The predicted molar refractivity (Wildman–Crippen MR) is 61.5 cm³/mol. The summed E-state index contributed by atoms with van der Waals surface area (Å²) in [5, 5.41) is 45.2. The van der Waals surface area contributed by atoms with Crippen molar-refractivity contribution >= 4 is 17.0 Å². The number of fused-ring (bicyclic) bond motifs is 1. The average Bonchev–Trinajstić information content (AvgIpc) is 3.01. The molecule has 108 valence electrons. The molecule has 0 saturated carbocycles. The van der Waals surface area contributed by atoms with Crippen LogP contribution in [0.2, 0.25) is 0 Å². The van der Waals surface area contributed by atoms with E-state index in [1.54, 1.807) is 0 Å². The summed E-state index contributed by atoms with van der Waals surface area (Å²) in [4.78, 5) is 7.69. The van der Waals surface area contributed by atoms with Crippen molar-refractivity contribution in [1.82, 2.24) is 25.0 Å². The molecule has 0 aromatic carbocycles. The van der Waals surface area contributed by atoms with E-state index in [9.17, 15) is 10.2 Å². The van der Waals surface area contributed by atoms with Crippen LogP contribution in [-0.4, -0.2) is 70.4 Å². The number of anilines is 1. The largest absolute Gasteiger partial charge is 0.394 e. The van der Waals surface area contributed by atoms with Crippen LogP contribution in [0.15, 0.2) is 6.33 Å². The lowest BCUT2D eigenvalue weighted by atomic mass is 10.1. The number of nitrogens with one attached hydrogen (secondary N) is 1. The van der Waals surface area contributed by atoms with E-state index < -0.39 is 31.1 Å². The number of ether oxygens (including phenoxy) is 1. The molecule has 1 aliphatic rings. The first-order valence-corrected chi connectivity index (χ1v) is 5.75. The van der Waals surface area contributed by atoms with E-state index in [1.807, 2.05) is 5.48 Å². The highest BCUT2D eigenvalue weighted by molar-refractivity contribution is 5.81. The fraction of sp³-hybridized carbons (Fsp3) is 0.556. The van der Waals surface area contributed by atoms with E-state index in [-0.39, 0.29) is 17.0 Å². The molecule has 0 radical (unpaired) electrons. The van der Waals surface area contributed by atoms with Gasteiger partial charge in [-0.3, -0.25) is 10.7 Å². The third kappa shape index (κ3) is 1.80. The minimum absolute atomic E-state index is 0.0491. The van der Waals surface area contributed by atoms with Gasteiger partial charge in [-0.05, 0) is 0 Å². The molecule has 2 aromatic heterocycles. The van der Waals surface area contributed by atoms with Crippen LogP contribution in [0.3, 0.4) is 0 Å². The molecule has 0 bridgehead atoms. The third-order valence-corrected chi connectivity index (χ3v) is 3.13. The summed E-state index contributed by atoms with van der Waals surface area (Å²) in [6, 6.07) is 0. The van der Waals surface area contributed by atoms with E-state index in [0.29, 0.717) is 0 Å². The van der Waals surface area contributed by atoms with E-state index >= 15 is 0 Å². The Morgan fingerprint density at radius 1 is 1.30 bits per heavy atom. The van der Waals surface area contributed by atoms with Gasteiger partial charge in [-0.2, -0.15) is 4.68 Å². The standard InChI is InChI=1S/C9H12N6O5/c16-1-3-5(17)6(18)9(20-3)15-8-4(12-14-15)7(13-19)10-2-11-8/h2-3,5-6,9,16-19H,1H2,(H,10,11,13)/t3-,5-,6-,9-/m1/s1. The maximum absolute atomic E-state index is 9.93. The first-order chi connectivity index (χ1) is 9.67. The van der Waals surface area contributed by atoms with Crippen LogP contribution < -0.4 is 5.48 Å². The summed E-state index contributed by atoms with van der Waals surface area (Å²) >= 11 is 0. The van der Waals surface area contributed by atoms with Crippen LogP contribution >= 0.6 is 0 Å². The van der Waals surface area contributed by atoms with E-state index in [0.717, 1.165) is 4.68 Å². The zero-order valence-electron chi connectivity index (χ0n) is 10.0. The Hall–Kier alpha value is -1.92. The number of aromatic nitrogens is 5. The molecule has 3 heterocycles. The normalized spacial score (nSPS) is 30.0. The van der Waals surface area contributed by atoms with Crippen LogP contribution in [0.5, 0.6) is 0 Å². The summed E-state index contributed by atoms with van der Waals surface area (Å²) in [7, 11) is 0. The van der Waals surface area contributed by atoms with Crippen molar-refractivity contribution in [2.45, 2.75) is 24.5 Å². The predicted octanol–water partition coefficient (Wildman–Crippen LogP) is -2.37. The van der Waals surface area contributed by atoms with Crippen LogP contribution in [0, 0.1) is 0 Å². The number of rotatable bonds is 3. The number of aliphatic hydroxyl groups excluding tert-OH is 3. The second-order valence-corrected chi connectivity index (χ2v) is 4.27. The highest BCUT2D eigenvalue weighted by Crippen LogP contribution is 2.30. The molecule has 0 unspecified atom stereocenters. The molecule has 1 aliphatic heterocycles. The minimum atomic E-state index is -1.29. The van der Waals surface area contributed by atoms with Gasteiger partial charge >= 0.3 is 0 Å². The first kappa shape index (κ1) is 13.1. The van der Waals surface area contributed by atoms with Crippen molar-refractivity contribution in [2.24, 2.45) is 0 Å². The molecular weight excluding hydrogens is 272 g/mol. The van der Waals surface area contributed by atoms with E-state index in [2.05, 4.69) is 20.3 Å². The summed E-state index contributed by atoms with van der Waals surface area (Å²) in [5.41, 5.74) is 2.23. The van der Waals surface area contributed by atoms with Gasteiger partial charge in [0.15, 0.2) is 23.2 Å². The van der Waals surface area contributed by atoms with Gasteiger partial charge in [-0.15, -0.1) is 5.10 Å². The van der Waals surface area contributed by atoms with Gasteiger partial charge in [0.2, 0.25) is 0 Å². The second kappa shape index (κ2) is 4.88. The van der Waals surface area contributed by atoms with Crippen LogP contribution in [0.1, 0.15) is 6.23 Å². The molecule has 1 saturated heterocycles. The van der Waals surface area contributed by atoms with Gasteiger partial charge in [-0.25, -0.2) is 9.97 Å². The quantitative estimate of drug-likeness (QED) is 0.386. The number of hydrogen-bond donors (Lipinski definition) is 5. The molecule has 4 atom stereocenters. The van der Waals surface area contributed by atoms with Gasteiger partial charge in [0.25, 0.3) is 0 Å². The SMILES string of the molecule is OC[C@H]1O[C@@H](n2nnc3c(NO)ncnc32)[C@H](O)[C@@H]1O. The van der Waals surface area contributed by atoms with E-state index in [1.165, 1.54) is 6.33 Å². The maximum Gasteiger partial charge on any atom is 0.186 e. The Morgan fingerprint density at radius 2 is 2.10 bits per heavy atom. The first-order valence-electron chi connectivity index (χ1n) is 5.75. The molecular formula is C9H12N6O5. The zero-order valence-corrected chi connectivity index (χ0v) is 10.0. The molecule has 3 rings (SSSR count). The fourth-order valence-electron chi connectivity index (χ4n) is 2.10. The highest BCUT2D eigenvalue weighted by Gasteiger charge is 2.44. The maximum atomic E-state index is 9.93. The van der Waals surface area contributed by atoms with Crippen molar-refractivity contribution in [1.29, 1.82) is 0 Å². The topological polar surface area (TPSA) is 159 Å². The van der Waals surface area contributed by atoms with Crippen LogP contribution in [0.4, 0.5) is 5.82 Å². The van der Waals surface area contributed by atoms with Gasteiger partial charge < -0.3 is 20.1 Å². The van der Waals surface area contributed by atoms with Crippen molar-refractivity contribution in [3.63, 3.8) is 0 Å². The molecule has 5 N–H and O–H groups in total. The van der Waals surface area contributed by atoms with Gasteiger partial charge in [0.05, 0.1) is 6.61 Å². The number of nitrogens with zero attached hydrogens (tertiary/aromatic N) is 5. The highest BCUT2D eigenvalue weighted by atomic mass is 16.6.